The monoisotopic (exact) mass is 343 g/mol. The summed E-state index contributed by atoms with van der Waals surface area (Å²) >= 11 is 0. The zero-order valence-corrected chi connectivity index (χ0v) is 14.8. The smallest absolute Gasteiger partial charge is 0.329 e. The summed E-state index contributed by atoms with van der Waals surface area (Å²) in [6, 6.07) is 5.28. The number of urea groups is 1. The third-order valence-corrected chi connectivity index (χ3v) is 5.80. The first kappa shape index (κ1) is 16.4. The Morgan fingerprint density at radius 2 is 2.12 bits per heavy atom. The molecule has 2 aliphatic heterocycles. The van der Waals surface area contributed by atoms with Crippen LogP contribution >= 0.6 is 0 Å². The molecule has 1 aromatic rings. The number of benzene rings is 1. The predicted octanol–water partition coefficient (Wildman–Crippen LogP) is 2.95. The van der Waals surface area contributed by atoms with Crippen LogP contribution in [0.2, 0.25) is 0 Å². The van der Waals surface area contributed by atoms with Gasteiger partial charge in [0.2, 0.25) is 0 Å². The average Bonchev–Trinajstić information content (AvgIpc) is 2.81. The number of ether oxygens (including phenoxy) is 1. The number of nitrogens with one attached hydrogen (secondary N) is 2. The van der Waals surface area contributed by atoms with Gasteiger partial charge in [-0.3, -0.25) is 4.79 Å². The Balaban J connectivity index is 1.55. The fraction of sp³-hybridized carbons (Fsp3) is 0.579. The Morgan fingerprint density at radius 1 is 1.32 bits per heavy atom. The highest BCUT2D eigenvalue weighted by atomic mass is 16.5. The molecule has 2 heterocycles. The molecule has 0 radical (unpaired) electrons. The van der Waals surface area contributed by atoms with Crippen molar-refractivity contribution in [3.05, 3.63) is 23.8 Å². The van der Waals surface area contributed by atoms with Crippen molar-refractivity contribution < 1.29 is 14.3 Å². The van der Waals surface area contributed by atoms with Gasteiger partial charge in [-0.1, -0.05) is 6.07 Å². The molecule has 3 amide bonds. The largest absolute Gasteiger partial charge is 0.382 e. The number of hydrogen-bond donors (Lipinski definition) is 2. The zero-order valence-electron chi connectivity index (χ0n) is 14.8. The molecule has 6 heteroatoms. The molecule has 2 atom stereocenters. The summed E-state index contributed by atoms with van der Waals surface area (Å²) in [5.41, 5.74) is 2.65. The SMILES string of the molecule is Cc1c(N[C@@H]2CCOC3(CCC3)C2)cccc1N1C(=O)N[C@@H](C)C1=O. The lowest BCUT2D eigenvalue weighted by Crippen LogP contribution is -2.49. The van der Waals surface area contributed by atoms with Crippen LogP contribution in [-0.4, -0.2) is 36.2 Å². The van der Waals surface area contributed by atoms with Gasteiger partial charge in [0, 0.05) is 18.3 Å². The molecule has 1 saturated carbocycles. The number of carbonyl (C=O) groups is 2. The van der Waals surface area contributed by atoms with E-state index in [0.717, 1.165) is 43.5 Å². The second kappa shape index (κ2) is 6.02. The van der Waals surface area contributed by atoms with Gasteiger partial charge in [0.05, 0.1) is 11.3 Å². The first-order valence-electron chi connectivity index (χ1n) is 9.14. The van der Waals surface area contributed by atoms with Gasteiger partial charge >= 0.3 is 6.03 Å². The van der Waals surface area contributed by atoms with Gasteiger partial charge in [-0.05, 0) is 63.6 Å². The van der Waals surface area contributed by atoms with Crippen molar-refractivity contribution in [1.29, 1.82) is 0 Å². The number of rotatable bonds is 3. The zero-order chi connectivity index (χ0) is 17.6. The van der Waals surface area contributed by atoms with Crippen LogP contribution in [0.25, 0.3) is 0 Å². The molecule has 0 unspecified atom stereocenters. The number of nitrogens with zero attached hydrogens (tertiary/aromatic N) is 1. The Bertz CT molecular complexity index is 714. The van der Waals surface area contributed by atoms with Crippen LogP contribution in [0.1, 0.15) is 44.6 Å². The summed E-state index contributed by atoms with van der Waals surface area (Å²) < 4.78 is 6.00. The Morgan fingerprint density at radius 3 is 2.76 bits per heavy atom. The minimum Gasteiger partial charge on any atom is -0.382 e. The second-order valence-corrected chi connectivity index (χ2v) is 7.51. The van der Waals surface area contributed by atoms with Crippen LogP contribution in [0, 0.1) is 6.92 Å². The molecule has 1 aromatic carbocycles. The van der Waals surface area contributed by atoms with E-state index in [2.05, 4.69) is 10.6 Å². The van der Waals surface area contributed by atoms with Crippen molar-refractivity contribution in [3.63, 3.8) is 0 Å². The van der Waals surface area contributed by atoms with E-state index in [4.69, 9.17) is 4.74 Å². The standard InChI is InChI=1S/C19H25N3O3/c1-12-15(21-14-7-10-25-19(11-14)8-4-9-19)5-3-6-16(12)22-17(23)13(2)20-18(22)24/h3,5-6,13-14,21H,4,7-11H2,1-2H3,(H,20,24)/t13-,14+/m0/s1. The van der Waals surface area contributed by atoms with E-state index in [1.807, 2.05) is 25.1 Å². The summed E-state index contributed by atoms with van der Waals surface area (Å²) in [6.45, 7) is 4.46. The van der Waals surface area contributed by atoms with Crippen molar-refractivity contribution in [2.45, 2.75) is 63.6 Å². The first-order valence-corrected chi connectivity index (χ1v) is 9.14. The van der Waals surface area contributed by atoms with Crippen LogP contribution in [0.15, 0.2) is 18.2 Å². The molecule has 1 aliphatic carbocycles. The topological polar surface area (TPSA) is 70.7 Å². The van der Waals surface area contributed by atoms with Crippen molar-refractivity contribution in [1.82, 2.24) is 5.32 Å². The normalized spacial score (nSPS) is 28.0. The molecule has 1 spiro atoms. The fourth-order valence-corrected chi connectivity index (χ4v) is 4.15. The number of imide groups is 1. The molecule has 4 rings (SSSR count). The summed E-state index contributed by atoms with van der Waals surface area (Å²) in [5.74, 6) is -0.204. The third-order valence-electron chi connectivity index (χ3n) is 5.80. The number of anilines is 2. The van der Waals surface area contributed by atoms with E-state index in [9.17, 15) is 9.59 Å². The number of amides is 3. The highest BCUT2D eigenvalue weighted by molar-refractivity contribution is 6.21. The fourth-order valence-electron chi connectivity index (χ4n) is 4.15. The maximum atomic E-state index is 12.3. The summed E-state index contributed by atoms with van der Waals surface area (Å²) in [5, 5.41) is 6.30. The minimum absolute atomic E-state index is 0.0850. The Labute approximate surface area is 147 Å². The minimum atomic E-state index is -0.475. The first-order chi connectivity index (χ1) is 12.0. The molecule has 134 valence electrons. The number of carbonyl (C=O) groups excluding carboxylic acids is 2. The van der Waals surface area contributed by atoms with E-state index >= 15 is 0 Å². The lowest BCUT2D eigenvalue weighted by atomic mass is 9.74. The van der Waals surface area contributed by atoms with Crippen molar-refractivity contribution in [2.24, 2.45) is 0 Å². The molecule has 25 heavy (non-hydrogen) atoms. The van der Waals surface area contributed by atoms with Gasteiger partial charge in [0.1, 0.15) is 6.04 Å². The quantitative estimate of drug-likeness (QED) is 0.828. The Kier molecular flexibility index (Phi) is 3.95. The maximum absolute atomic E-state index is 12.3. The van der Waals surface area contributed by atoms with Gasteiger partial charge in [0.15, 0.2) is 0 Å². The van der Waals surface area contributed by atoms with Crippen molar-refractivity contribution >= 4 is 23.3 Å². The summed E-state index contributed by atoms with van der Waals surface area (Å²) in [6.07, 6.45) is 5.57. The van der Waals surface area contributed by atoms with Gasteiger partial charge in [-0.15, -0.1) is 0 Å². The summed E-state index contributed by atoms with van der Waals surface area (Å²) in [4.78, 5) is 25.7. The van der Waals surface area contributed by atoms with E-state index < -0.39 is 6.04 Å². The van der Waals surface area contributed by atoms with Gasteiger partial charge in [0.25, 0.3) is 5.91 Å². The maximum Gasteiger partial charge on any atom is 0.329 e. The summed E-state index contributed by atoms with van der Waals surface area (Å²) in [7, 11) is 0. The van der Waals surface area contributed by atoms with Crippen molar-refractivity contribution in [3.8, 4) is 0 Å². The van der Waals surface area contributed by atoms with Crippen LogP contribution < -0.4 is 15.5 Å². The molecule has 2 saturated heterocycles. The van der Waals surface area contributed by atoms with Crippen LogP contribution in [0.3, 0.4) is 0 Å². The highest BCUT2D eigenvalue weighted by Crippen LogP contribution is 2.43. The molecular weight excluding hydrogens is 318 g/mol. The molecule has 3 aliphatic rings. The molecule has 0 bridgehead atoms. The highest BCUT2D eigenvalue weighted by Gasteiger charge is 2.42. The number of hydrogen-bond acceptors (Lipinski definition) is 4. The van der Waals surface area contributed by atoms with Crippen LogP contribution in [0.5, 0.6) is 0 Å². The average molecular weight is 343 g/mol. The second-order valence-electron chi connectivity index (χ2n) is 7.51. The van der Waals surface area contributed by atoms with E-state index in [1.165, 1.54) is 11.3 Å². The Hall–Kier alpha value is -2.08. The lowest BCUT2D eigenvalue weighted by Gasteiger charge is -2.47. The molecule has 2 N–H and O–H groups in total. The molecule has 6 nitrogen and oxygen atoms in total. The van der Waals surface area contributed by atoms with E-state index in [1.54, 1.807) is 6.92 Å². The third kappa shape index (κ3) is 2.78. The van der Waals surface area contributed by atoms with Crippen molar-refractivity contribution in [2.75, 3.05) is 16.8 Å². The molecule has 3 fully saturated rings. The predicted molar refractivity (Wildman–Crippen MR) is 95.8 cm³/mol. The lowest BCUT2D eigenvalue weighted by molar-refractivity contribution is -0.130. The van der Waals surface area contributed by atoms with E-state index in [0.29, 0.717) is 11.7 Å². The van der Waals surface area contributed by atoms with Crippen LogP contribution in [-0.2, 0) is 9.53 Å². The van der Waals surface area contributed by atoms with Gasteiger partial charge in [-0.25, -0.2) is 9.69 Å². The van der Waals surface area contributed by atoms with Crippen LogP contribution in [0.4, 0.5) is 16.2 Å². The van der Waals surface area contributed by atoms with Gasteiger partial charge < -0.3 is 15.4 Å². The molecular formula is C19H25N3O3. The molecule has 0 aromatic heterocycles. The van der Waals surface area contributed by atoms with Gasteiger partial charge in [-0.2, -0.15) is 0 Å². The van der Waals surface area contributed by atoms with E-state index in [-0.39, 0.29) is 17.5 Å².